The molecule has 1 aliphatic heterocycles. The number of rotatable bonds is 8. The Morgan fingerprint density at radius 3 is 2.36 bits per heavy atom. The molecule has 1 atom stereocenters. The molecule has 6 heteroatoms. The first-order chi connectivity index (χ1) is 16.1. The van der Waals surface area contributed by atoms with Crippen molar-refractivity contribution in [3.8, 4) is 0 Å². The summed E-state index contributed by atoms with van der Waals surface area (Å²) in [6.07, 6.45) is 2.71. The first-order valence-electron chi connectivity index (χ1n) is 11.6. The number of nitrogens with zero attached hydrogens (tertiary/aromatic N) is 3. The number of hydrogen-bond acceptors (Lipinski definition) is 5. The van der Waals surface area contributed by atoms with Crippen LogP contribution in [0.3, 0.4) is 0 Å². The third-order valence-corrected chi connectivity index (χ3v) is 6.15. The second-order valence-corrected chi connectivity index (χ2v) is 8.71. The lowest BCUT2D eigenvalue weighted by Gasteiger charge is -2.33. The molecule has 1 aliphatic rings. The van der Waals surface area contributed by atoms with E-state index < -0.39 is 6.04 Å². The van der Waals surface area contributed by atoms with Crippen LogP contribution in [-0.4, -0.2) is 55.6 Å². The van der Waals surface area contributed by atoms with E-state index in [0.29, 0.717) is 12.4 Å². The Morgan fingerprint density at radius 1 is 0.970 bits per heavy atom. The number of aryl methyl sites for hydroxylation is 1. The number of benzene rings is 2. The van der Waals surface area contributed by atoms with Crippen molar-refractivity contribution in [2.24, 2.45) is 0 Å². The largest absolute Gasteiger partial charge is 0.368 e. The fourth-order valence-electron chi connectivity index (χ4n) is 4.03. The summed E-state index contributed by atoms with van der Waals surface area (Å²) in [5, 5.41) is 6.43. The molecule has 1 unspecified atom stereocenters. The van der Waals surface area contributed by atoms with Gasteiger partial charge in [0.1, 0.15) is 11.9 Å². The van der Waals surface area contributed by atoms with Gasteiger partial charge in [-0.25, -0.2) is 4.98 Å². The fourth-order valence-corrected chi connectivity index (χ4v) is 4.03. The molecular formula is C27H33N5O. The molecule has 0 spiro atoms. The summed E-state index contributed by atoms with van der Waals surface area (Å²) in [7, 11) is 2.15. The van der Waals surface area contributed by atoms with Gasteiger partial charge in [-0.2, -0.15) is 0 Å². The van der Waals surface area contributed by atoms with Crippen molar-refractivity contribution in [2.75, 3.05) is 50.0 Å². The first-order valence-corrected chi connectivity index (χ1v) is 11.6. The quantitative estimate of drug-likeness (QED) is 0.557. The lowest BCUT2D eigenvalue weighted by atomic mass is 10.1. The molecule has 0 radical (unpaired) electrons. The van der Waals surface area contributed by atoms with Crippen molar-refractivity contribution in [1.29, 1.82) is 0 Å². The van der Waals surface area contributed by atoms with Crippen molar-refractivity contribution < 1.29 is 4.79 Å². The Morgan fingerprint density at radius 2 is 1.70 bits per heavy atom. The van der Waals surface area contributed by atoms with E-state index >= 15 is 0 Å². The minimum atomic E-state index is -0.448. The molecule has 172 valence electrons. The molecule has 1 aromatic heterocycles. The maximum atomic E-state index is 13.2. The highest BCUT2D eigenvalue weighted by Gasteiger charge is 2.21. The number of piperazine rings is 1. The molecule has 33 heavy (non-hydrogen) atoms. The van der Waals surface area contributed by atoms with Gasteiger partial charge in [0.2, 0.25) is 5.91 Å². The number of carbonyl (C=O) groups is 1. The minimum absolute atomic E-state index is 0.107. The number of anilines is 2. The van der Waals surface area contributed by atoms with Crippen LogP contribution in [0, 0.1) is 6.92 Å². The summed E-state index contributed by atoms with van der Waals surface area (Å²) in [6.45, 7) is 6.86. The van der Waals surface area contributed by atoms with Crippen LogP contribution >= 0.6 is 0 Å². The molecule has 6 nitrogen and oxygen atoms in total. The van der Waals surface area contributed by atoms with Crippen LogP contribution in [0.1, 0.15) is 22.7 Å². The summed E-state index contributed by atoms with van der Waals surface area (Å²) >= 11 is 0. The zero-order valence-corrected chi connectivity index (χ0v) is 19.5. The maximum absolute atomic E-state index is 13.2. The number of carbonyl (C=O) groups excluding carboxylic acids is 1. The second kappa shape index (κ2) is 11.1. The molecule has 1 amide bonds. The molecule has 2 N–H and O–H groups in total. The van der Waals surface area contributed by atoms with Gasteiger partial charge in [0.05, 0.1) is 11.9 Å². The average Bonchev–Trinajstić information content (AvgIpc) is 2.84. The van der Waals surface area contributed by atoms with E-state index in [0.717, 1.165) is 43.9 Å². The Labute approximate surface area is 196 Å². The lowest BCUT2D eigenvalue weighted by molar-refractivity contribution is -0.118. The fraction of sp³-hybridized carbons (Fsp3) is 0.333. The van der Waals surface area contributed by atoms with Gasteiger partial charge in [-0.05, 0) is 43.7 Å². The summed E-state index contributed by atoms with van der Waals surface area (Å²) in [5.41, 5.74) is 4.53. The number of likely N-dealkylation sites (N-methyl/N-ethyl adjacent to an activating group) is 1. The monoisotopic (exact) mass is 443 g/mol. The van der Waals surface area contributed by atoms with Gasteiger partial charge in [-0.1, -0.05) is 60.2 Å². The van der Waals surface area contributed by atoms with Gasteiger partial charge in [-0.15, -0.1) is 0 Å². The number of pyridine rings is 1. The Hall–Kier alpha value is -3.22. The zero-order valence-electron chi connectivity index (χ0n) is 19.5. The third kappa shape index (κ3) is 6.40. The van der Waals surface area contributed by atoms with Crippen LogP contribution in [-0.2, 0) is 11.2 Å². The average molecular weight is 444 g/mol. The summed E-state index contributed by atoms with van der Waals surface area (Å²) in [4.78, 5) is 22.4. The predicted molar refractivity (Wildman–Crippen MR) is 135 cm³/mol. The molecule has 0 aliphatic carbocycles. The van der Waals surface area contributed by atoms with E-state index in [1.165, 1.54) is 11.1 Å². The van der Waals surface area contributed by atoms with E-state index in [-0.39, 0.29) is 5.91 Å². The van der Waals surface area contributed by atoms with Crippen LogP contribution in [0.15, 0.2) is 72.9 Å². The Bertz CT molecular complexity index is 1010. The van der Waals surface area contributed by atoms with Crippen LogP contribution in [0.4, 0.5) is 11.5 Å². The van der Waals surface area contributed by atoms with Crippen LogP contribution in [0.5, 0.6) is 0 Å². The third-order valence-electron chi connectivity index (χ3n) is 6.15. The summed E-state index contributed by atoms with van der Waals surface area (Å²) < 4.78 is 0. The van der Waals surface area contributed by atoms with E-state index in [1.54, 1.807) is 0 Å². The van der Waals surface area contributed by atoms with Crippen molar-refractivity contribution >= 4 is 17.4 Å². The minimum Gasteiger partial charge on any atom is -0.368 e. The SMILES string of the molecule is Cc1ccc(CCNC(C(=O)Nc2ccc(N3CCN(C)CC3)cn2)c2ccccc2)cc1. The summed E-state index contributed by atoms with van der Waals surface area (Å²) in [6, 6.07) is 21.8. The van der Waals surface area contributed by atoms with Gasteiger partial charge in [0.25, 0.3) is 0 Å². The predicted octanol–water partition coefficient (Wildman–Crippen LogP) is 3.65. The van der Waals surface area contributed by atoms with E-state index in [9.17, 15) is 4.79 Å². The molecule has 2 heterocycles. The summed E-state index contributed by atoms with van der Waals surface area (Å²) in [5.74, 6) is 0.462. The number of aromatic nitrogens is 1. The molecule has 4 rings (SSSR count). The molecule has 0 saturated carbocycles. The molecule has 1 fully saturated rings. The van der Waals surface area contributed by atoms with Crippen molar-refractivity contribution in [3.05, 3.63) is 89.6 Å². The smallest absolute Gasteiger partial charge is 0.247 e. The molecule has 0 bridgehead atoms. The standard InChI is InChI=1S/C27H33N5O/c1-21-8-10-22(11-9-21)14-15-28-26(23-6-4-3-5-7-23)27(33)30-25-13-12-24(20-29-25)32-18-16-31(2)17-19-32/h3-13,20,26,28H,14-19H2,1-2H3,(H,29,30,33). The van der Waals surface area contributed by atoms with Gasteiger partial charge in [-0.3, -0.25) is 4.79 Å². The van der Waals surface area contributed by atoms with Crippen LogP contribution in [0.2, 0.25) is 0 Å². The molecular weight excluding hydrogens is 410 g/mol. The topological polar surface area (TPSA) is 60.5 Å². The van der Waals surface area contributed by atoms with Crippen LogP contribution in [0.25, 0.3) is 0 Å². The van der Waals surface area contributed by atoms with Crippen molar-refractivity contribution in [3.63, 3.8) is 0 Å². The van der Waals surface area contributed by atoms with Gasteiger partial charge in [0.15, 0.2) is 0 Å². The highest BCUT2D eigenvalue weighted by Crippen LogP contribution is 2.19. The van der Waals surface area contributed by atoms with Crippen LogP contribution < -0.4 is 15.5 Å². The van der Waals surface area contributed by atoms with Crippen molar-refractivity contribution in [1.82, 2.24) is 15.2 Å². The van der Waals surface area contributed by atoms with Gasteiger partial charge in [0, 0.05) is 32.7 Å². The number of nitrogens with one attached hydrogen (secondary N) is 2. The highest BCUT2D eigenvalue weighted by atomic mass is 16.2. The van der Waals surface area contributed by atoms with E-state index in [2.05, 4.69) is 63.7 Å². The highest BCUT2D eigenvalue weighted by molar-refractivity contribution is 5.94. The number of hydrogen-bond donors (Lipinski definition) is 2. The van der Waals surface area contributed by atoms with E-state index in [1.807, 2.05) is 48.7 Å². The van der Waals surface area contributed by atoms with E-state index in [4.69, 9.17) is 0 Å². The molecule has 3 aromatic rings. The van der Waals surface area contributed by atoms with Gasteiger partial charge < -0.3 is 20.4 Å². The Balaban J connectivity index is 1.39. The normalized spacial score (nSPS) is 15.3. The van der Waals surface area contributed by atoms with Crippen molar-refractivity contribution in [2.45, 2.75) is 19.4 Å². The maximum Gasteiger partial charge on any atom is 0.247 e. The lowest BCUT2D eigenvalue weighted by Crippen LogP contribution is -2.44. The first kappa shape index (κ1) is 23.0. The number of amides is 1. The second-order valence-electron chi connectivity index (χ2n) is 8.71. The molecule has 1 saturated heterocycles. The van der Waals surface area contributed by atoms with Gasteiger partial charge >= 0.3 is 0 Å². The molecule has 2 aromatic carbocycles. The zero-order chi connectivity index (χ0) is 23.0. The Kier molecular flexibility index (Phi) is 7.70.